The van der Waals surface area contributed by atoms with Gasteiger partial charge < -0.3 is 10.2 Å². The molecule has 0 amide bonds. The standard InChI is InChI=1S/C22H24ClN5O3S/c1-15(28-14-16(13-26-28)21-25-9-10-31-21)20(11-18(23)12-24)27-32(29,30)19-7-5-17(6-8-19)22(2,3)4/h5-14,27H,1,24H2,2-4H3/b18-12+,20-11+. The highest BCUT2D eigenvalue weighted by molar-refractivity contribution is 7.89. The van der Waals surface area contributed by atoms with Gasteiger partial charge in [0, 0.05) is 12.4 Å². The third kappa shape index (κ3) is 5.30. The zero-order valence-electron chi connectivity index (χ0n) is 17.9. The van der Waals surface area contributed by atoms with Crippen LogP contribution in [0.25, 0.3) is 17.2 Å². The topological polar surface area (TPSA) is 116 Å². The molecule has 0 fully saturated rings. The van der Waals surface area contributed by atoms with Gasteiger partial charge in [0.25, 0.3) is 10.0 Å². The van der Waals surface area contributed by atoms with E-state index in [9.17, 15) is 8.42 Å². The van der Waals surface area contributed by atoms with Gasteiger partial charge in [-0.2, -0.15) is 5.10 Å². The molecule has 0 bridgehead atoms. The molecule has 32 heavy (non-hydrogen) atoms. The zero-order valence-corrected chi connectivity index (χ0v) is 19.5. The van der Waals surface area contributed by atoms with E-state index in [1.807, 2.05) is 0 Å². The largest absolute Gasteiger partial charge is 0.444 e. The van der Waals surface area contributed by atoms with Crippen molar-refractivity contribution >= 4 is 27.3 Å². The molecule has 3 aromatic rings. The summed E-state index contributed by atoms with van der Waals surface area (Å²) in [6, 6.07) is 6.68. The van der Waals surface area contributed by atoms with Crippen LogP contribution in [0.2, 0.25) is 0 Å². The summed E-state index contributed by atoms with van der Waals surface area (Å²) in [7, 11) is -3.94. The van der Waals surface area contributed by atoms with Crippen molar-refractivity contribution in [3.63, 3.8) is 0 Å². The monoisotopic (exact) mass is 473 g/mol. The lowest BCUT2D eigenvalue weighted by molar-refractivity contribution is 0.574. The summed E-state index contributed by atoms with van der Waals surface area (Å²) in [5, 5.41) is 4.33. The van der Waals surface area contributed by atoms with Crippen LogP contribution in [0.15, 0.2) is 88.0 Å². The molecule has 0 unspecified atom stereocenters. The van der Waals surface area contributed by atoms with Crippen LogP contribution in [-0.4, -0.2) is 23.2 Å². The molecule has 0 saturated carbocycles. The second kappa shape index (κ2) is 9.05. The predicted molar refractivity (Wildman–Crippen MR) is 125 cm³/mol. The van der Waals surface area contributed by atoms with Crippen LogP contribution in [0.3, 0.4) is 0 Å². The number of hydrogen-bond acceptors (Lipinski definition) is 6. The van der Waals surface area contributed by atoms with Gasteiger partial charge in [-0.15, -0.1) is 0 Å². The first kappa shape index (κ1) is 23.4. The average molecular weight is 474 g/mol. The van der Waals surface area contributed by atoms with Gasteiger partial charge in [0.05, 0.1) is 39.3 Å². The van der Waals surface area contributed by atoms with Gasteiger partial charge in [-0.1, -0.05) is 51.1 Å². The minimum atomic E-state index is -3.94. The van der Waals surface area contributed by atoms with Gasteiger partial charge in [-0.05, 0) is 29.2 Å². The van der Waals surface area contributed by atoms with Gasteiger partial charge in [0.1, 0.15) is 6.26 Å². The normalized spacial score (nSPS) is 13.2. The lowest BCUT2D eigenvalue weighted by atomic mass is 9.87. The molecule has 2 heterocycles. The van der Waals surface area contributed by atoms with Crippen molar-refractivity contribution < 1.29 is 12.8 Å². The molecule has 0 saturated heterocycles. The van der Waals surface area contributed by atoms with Crippen LogP contribution in [0, 0.1) is 0 Å². The van der Waals surface area contributed by atoms with Crippen molar-refractivity contribution in [1.82, 2.24) is 19.5 Å². The Hall–Kier alpha value is -3.30. The zero-order chi connectivity index (χ0) is 23.5. The third-order valence-electron chi connectivity index (χ3n) is 4.57. The van der Waals surface area contributed by atoms with Crippen molar-refractivity contribution in [3.05, 3.63) is 84.3 Å². The second-order valence-electron chi connectivity index (χ2n) is 7.95. The van der Waals surface area contributed by atoms with Gasteiger partial charge >= 0.3 is 0 Å². The average Bonchev–Trinajstić information content (AvgIpc) is 3.43. The molecule has 3 N–H and O–H groups in total. The summed E-state index contributed by atoms with van der Waals surface area (Å²) in [4.78, 5) is 4.16. The van der Waals surface area contributed by atoms with Crippen molar-refractivity contribution in [2.75, 3.05) is 0 Å². The van der Waals surface area contributed by atoms with Crippen molar-refractivity contribution in [1.29, 1.82) is 0 Å². The van der Waals surface area contributed by atoms with Gasteiger partial charge in [-0.25, -0.2) is 18.1 Å². The number of aromatic nitrogens is 3. The Morgan fingerprint density at radius 2 is 1.97 bits per heavy atom. The minimum Gasteiger partial charge on any atom is -0.444 e. The quantitative estimate of drug-likeness (QED) is 0.496. The molecular weight excluding hydrogens is 450 g/mol. The second-order valence-corrected chi connectivity index (χ2v) is 10.1. The Morgan fingerprint density at radius 3 is 2.53 bits per heavy atom. The Labute approximate surface area is 192 Å². The molecule has 0 radical (unpaired) electrons. The summed E-state index contributed by atoms with van der Waals surface area (Å²) in [6.45, 7) is 10.1. The minimum absolute atomic E-state index is 0.0954. The van der Waals surface area contributed by atoms with Crippen LogP contribution in [0.5, 0.6) is 0 Å². The highest BCUT2D eigenvalue weighted by Crippen LogP contribution is 2.25. The number of allylic oxidation sites excluding steroid dienone is 3. The molecule has 0 aliphatic heterocycles. The number of nitrogens with one attached hydrogen (secondary N) is 1. The number of nitrogens with zero attached hydrogens (tertiary/aromatic N) is 3. The van der Waals surface area contributed by atoms with E-state index in [1.165, 1.54) is 29.4 Å². The highest BCUT2D eigenvalue weighted by Gasteiger charge is 2.21. The Morgan fingerprint density at radius 1 is 1.28 bits per heavy atom. The molecule has 8 nitrogen and oxygen atoms in total. The van der Waals surface area contributed by atoms with E-state index in [-0.39, 0.29) is 26.7 Å². The number of benzene rings is 1. The van der Waals surface area contributed by atoms with E-state index >= 15 is 0 Å². The molecule has 0 atom stereocenters. The molecule has 0 aliphatic carbocycles. The van der Waals surface area contributed by atoms with E-state index in [2.05, 4.69) is 42.2 Å². The maximum Gasteiger partial charge on any atom is 0.261 e. The van der Waals surface area contributed by atoms with Crippen LogP contribution in [0.4, 0.5) is 0 Å². The molecule has 0 aliphatic rings. The van der Waals surface area contributed by atoms with Crippen LogP contribution in [-0.2, 0) is 15.4 Å². The summed E-state index contributed by atoms with van der Waals surface area (Å²) < 4.78 is 35.3. The maximum atomic E-state index is 13.1. The molecule has 3 rings (SSSR count). The number of oxazole rings is 1. The summed E-state index contributed by atoms with van der Waals surface area (Å²) in [6.07, 6.45) is 8.58. The molecule has 0 spiro atoms. The first-order valence-electron chi connectivity index (χ1n) is 9.58. The number of sulfonamides is 1. The lowest BCUT2D eigenvalue weighted by Crippen LogP contribution is -2.25. The fourth-order valence-corrected chi connectivity index (χ4v) is 3.95. The maximum absolute atomic E-state index is 13.1. The summed E-state index contributed by atoms with van der Waals surface area (Å²) in [5.74, 6) is 0.369. The van der Waals surface area contributed by atoms with E-state index in [4.69, 9.17) is 21.8 Å². The van der Waals surface area contributed by atoms with E-state index in [0.717, 1.165) is 11.8 Å². The number of rotatable bonds is 7. The SMILES string of the molecule is C=C(/C(=C\C(Cl)=C/N)NS(=O)(=O)c1ccc(C(C)(C)C)cc1)n1cc(-c2ncco2)cn1. The first-order valence-corrected chi connectivity index (χ1v) is 11.4. The first-order chi connectivity index (χ1) is 15.0. The van der Waals surface area contributed by atoms with Gasteiger partial charge in [0.2, 0.25) is 5.89 Å². The van der Waals surface area contributed by atoms with E-state index < -0.39 is 10.0 Å². The van der Waals surface area contributed by atoms with Crippen molar-refractivity contribution in [2.24, 2.45) is 5.73 Å². The predicted octanol–water partition coefficient (Wildman–Crippen LogP) is 4.21. The number of hydrogen-bond donors (Lipinski definition) is 2. The van der Waals surface area contributed by atoms with Crippen LogP contribution < -0.4 is 10.5 Å². The van der Waals surface area contributed by atoms with Crippen molar-refractivity contribution in [3.8, 4) is 11.5 Å². The Bertz CT molecular complexity index is 1270. The van der Waals surface area contributed by atoms with Crippen LogP contribution in [0.1, 0.15) is 26.3 Å². The smallest absolute Gasteiger partial charge is 0.261 e. The Balaban J connectivity index is 1.92. The number of nitrogens with two attached hydrogens (primary N) is 1. The third-order valence-corrected chi connectivity index (χ3v) is 6.18. The molecule has 2 aromatic heterocycles. The summed E-state index contributed by atoms with van der Waals surface area (Å²) in [5.41, 5.74) is 7.29. The fourth-order valence-electron chi connectivity index (χ4n) is 2.77. The molecule has 168 valence electrons. The van der Waals surface area contributed by atoms with E-state index in [1.54, 1.807) is 30.5 Å². The van der Waals surface area contributed by atoms with Crippen LogP contribution >= 0.6 is 11.6 Å². The van der Waals surface area contributed by atoms with Crippen molar-refractivity contribution in [2.45, 2.75) is 31.1 Å². The van der Waals surface area contributed by atoms with Gasteiger partial charge in [-0.3, -0.25) is 4.72 Å². The van der Waals surface area contributed by atoms with Gasteiger partial charge in [0.15, 0.2) is 0 Å². The number of halogens is 1. The lowest BCUT2D eigenvalue weighted by Gasteiger charge is -2.19. The molecular formula is C22H24ClN5O3S. The van der Waals surface area contributed by atoms with E-state index in [0.29, 0.717) is 11.5 Å². The summed E-state index contributed by atoms with van der Waals surface area (Å²) >= 11 is 6.05. The molecule has 10 heteroatoms. The highest BCUT2D eigenvalue weighted by atomic mass is 35.5. The molecule has 1 aromatic carbocycles. The Kier molecular flexibility index (Phi) is 6.61. The fraction of sp³-hybridized carbons (Fsp3) is 0.182.